The minimum absolute atomic E-state index is 0.0304. The molecule has 0 aromatic carbocycles. The Kier molecular flexibility index (Phi) is 2.76. The summed E-state index contributed by atoms with van der Waals surface area (Å²) in [5, 5.41) is 2.25. The normalized spacial score (nSPS) is 23.1. The van der Waals surface area contributed by atoms with Gasteiger partial charge >= 0.3 is 6.18 Å². The molecule has 1 fully saturated rings. The Morgan fingerprint density at radius 3 is 2.27 bits per heavy atom. The fourth-order valence-corrected chi connectivity index (χ4v) is 0.996. The molecule has 0 saturated heterocycles. The summed E-state index contributed by atoms with van der Waals surface area (Å²) in [6.07, 6.45) is -2.86. The number of hydrogen-bond acceptors (Lipinski definition) is 2. The standard InChI is InChI=1S/C9H15F3N2O/c1-7(3-4-7)5-14-6(15)8(2,13)9(10,11)12/h3-5,13H2,1-2H3,(H,14,15). The fraction of sp³-hybridized carbons (Fsp3) is 0.889. The minimum Gasteiger partial charge on any atom is -0.354 e. The molecule has 0 heterocycles. The molecule has 1 aliphatic rings. The molecule has 0 spiro atoms. The van der Waals surface area contributed by atoms with Gasteiger partial charge in [0, 0.05) is 6.54 Å². The van der Waals surface area contributed by atoms with Gasteiger partial charge in [0.2, 0.25) is 5.91 Å². The van der Waals surface area contributed by atoms with Crippen molar-refractivity contribution in [3.63, 3.8) is 0 Å². The molecule has 3 nitrogen and oxygen atoms in total. The lowest BCUT2D eigenvalue weighted by atomic mass is 10.0. The molecule has 0 radical (unpaired) electrons. The summed E-state index contributed by atoms with van der Waals surface area (Å²) in [5.41, 5.74) is 2.11. The summed E-state index contributed by atoms with van der Waals surface area (Å²) >= 11 is 0. The second kappa shape index (κ2) is 3.37. The zero-order valence-electron chi connectivity index (χ0n) is 8.74. The number of halogens is 3. The smallest absolute Gasteiger partial charge is 0.354 e. The predicted molar refractivity (Wildman–Crippen MR) is 49.0 cm³/mol. The van der Waals surface area contributed by atoms with Crippen LogP contribution in [-0.4, -0.2) is 24.2 Å². The van der Waals surface area contributed by atoms with E-state index >= 15 is 0 Å². The van der Waals surface area contributed by atoms with Gasteiger partial charge in [0.05, 0.1) is 0 Å². The van der Waals surface area contributed by atoms with Crippen LogP contribution in [0.2, 0.25) is 0 Å². The fourth-order valence-electron chi connectivity index (χ4n) is 0.996. The average molecular weight is 224 g/mol. The molecule has 1 amide bonds. The maximum atomic E-state index is 12.3. The Balaban J connectivity index is 2.52. The summed E-state index contributed by atoms with van der Waals surface area (Å²) in [7, 11) is 0. The van der Waals surface area contributed by atoms with Crippen molar-refractivity contribution in [3.8, 4) is 0 Å². The van der Waals surface area contributed by atoms with Crippen molar-refractivity contribution in [1.82, 2.24) is 5.32 Å². The molecule has 1 rings (SSSR count). The highest BCUT2D eigenvalue weighted by molar-refractivity contribution is 5.86. The van der Waals surface area contributed by atoms with Crippen molar-refractivity contribution in [3.05, 3.63) is 0 Å². The highest BCUT2D eigenvalue weighted by Crippen LogP contribution is 2.44. The first kappa shape index (κ1) is 12.3. The SMILES string of the molecule is CC1(CNC(=O)C(C)(N)C(F)(F)F)CC1. The van der Waals surface area contributed by atoms with Crippen LogP contribution in [-0.2, 0) is 4.79 Å². The molecule has 0 aromatic rings. The van der Waals surface area contributed by atoms with E-state index in [0.29, 0.717) is 6.92 Å². The summed E-state index contributed by atoms with van der Waals surface area (Å²) < 4.78 is 37.0. The number of rotatable bonds is 3. The van der Waals surface area contributed by atoms with Crippen molar-refractivity contribution in [2.24, 2.45) is 11.1 Å². The summed E-state index contributed by atoms with van der Waals surface area (Å²) in [6.45, 7) is 2.85. The van der Waals surface area contributed by atoms with E-state index in [1.807, 2.05) is 6.92 Å². The first-order chi connectivity index (χ1) is 6.58. The number of alkyl halides is 3. The zero-order valence-corrected chi connectivity index (χ0v) is 8.74. The second-order valence-electron chi connectivity index (χ2n) is 4.69. The Morgan fingerprint density at radius 2 is 1.93 bits per heavy atom. The third kappa shape index (κ3) is 2.62. The van der Waals surface area contributed by atoms with E-state index < -0.39 is 17.6 Å². The lowest BCUT2D eigenvalue weighted by molar-refractivity contribution is -0.187. The maximum absolute atomic E-state index is 12.3. The number of amides is 1. The molecular weight excluding hydrogens is 209 g/mol. The summed E-state index contributed by atoms with van der Waals surface area (Å²) in [4.78, 5) is 11.2. The third-order valence-corrected chi connectivity index (χ3v) is 2.84. The molecule has 1 saturated carbocycles. The van der Waals surface area contributed by atoms with Gasteiger partial charge in [-0.05, 0) is 25.2 Å². The van der Waals surface area contributed by atoms with Gasteiger partial charge < -0.3 is 11.1 Å². The van der Waals surface area contributed by atoms with Gasteiger partial charge in [0.25, 0.3) is 0 Å². The molecule has 0 aromatic heterocycles. The molecule has 1 atom stereocenters. The summed E-state index contributed by atoms with van der Waals surface area (Å²) in [5.74, 6) is -1.16. The van der Waals surface area contributed by atoms with Crippen molar-refractivity contribution in [1.29, 1.82) is 0 Å². The quantitative estimate of drug-likeness (QED) is 0.756. The lowest BCUT2D eigenvalue weighted by Gasteiger charge is -2.26. The summed E-state index contributed by atoms with van der Waals surface area (Å²) in [6, 6.07) is 0. The van der Waals surface area contributed by atoms with Crippen molar-refractivity contribution in [2.45, 2.75) is 38.4 Å². The van der Waals surface area contributed by atoms with Crippen LogP contribution in [0.25, 0.3) is 0 Å². The second-order valence-corrected chi connectivity index (χ2v) is 4.69. The Bertz CT molecular complexity index is 269. The molecular formula is C9H15F3N2O. The molecule has 88 valence electrons. The van der Waals surface area contributed by atoms with Crippen molar-refractivity contribution >= 4 is 5.91 Å². The largest absolute Gasteiger partial charge is 0.415 e. The van der Waals surface area contributed by atoms with E-state index in [-0.39, 0.29) is 12.0 Å². The first-order valence-electron chi connectivity index (χ1n) is 4.72. The molecule has 1 aliphatic carbocycles. The molecule has 1 unspecified atom stereocenters. The van der Waals surface area contributed by atoms with Gasteiger partial charge in [-0.1, -0.05) is 6.92 Å². The van der Waals surface area contributed by atoms with Gasteiger partial charge in [0.15, 0.2) is 5.54 Å². The highest BCUT2D eigenvalue weighted by Gasteiger charge is 2.54. The monoisotopic (exact) mass is 224 g/mol. The van der Waals surface area contributed by atoms with E-state index in [2.05, 4.69) is 5.32 Å². The highest BCUT2D eigenvalue weighted by atomic mass is 19.4. The van der Waals surface area contributed by atoms with Crippen LogP contribution >= 0.6 is 0 Å². The van der Waals surface area contributed by atoms with Crippen molar-refractivity contribution < 1.29 is 18.0 Å². The van der Waals surface area contributed by atoms with E-state index in [1.54, 1.807) is 0 Å². The van der Waals surface area contributed by atoms with E-state index in [4.69, 9.17) is 5.73 Å². The van der Waals surface area contributed by atoms with Crippen LogP contribution in [0.5, 0.6) is 0 Å². The van der Waals surface area contributed by atoms with E-state index in [9.17, 15) is 18.0 Å². The van der Waals surface area contributed by atoms with Gasteiger partial charge in [-0.3, -0.25) is 4.79 Å². The Labute approximate surface area is 86.2 Å². The molecule has 0 aliphatic heterocycles. The van der Waals surface area contributed by atoms with E-state index in [0.717, 1.165) is 12.8 Å². The van der Waals surface area contributed by atoms with E-state index in [1.165, 1.54) is 0 Å². The lowest BCUT2D eigenvalue weighted by Crippen LogP contribution is -2.61. The number of nitrogens with one attached hydrogen (secondary N) is 1. The van der Waals surface area contributed by atoms with Crippen LogP contribution in [0.4, 0.5) is 13.2 Å². The van der Waals surface area contributed by atoms with Crippen LogP contribution in [0.1, 0.15) is 26.7 Å². The van der Waals surface area contributed by atoms with Gasteiger partial charge in [-0.2, -0.15) is 13.2 Å². The third-order valence-electron chi connectivity index (χ3n) is 2.84. The first-order valence-corrected chi connectivity index (χ1v) is 4.72. The number of carbonyl (C=O) groups excluding carboxylic acids is 1. The Morgan fingerprint density at radius 1 is 1.47 bits per heavy atom. The Hall–Kier alpha value is -0.780. The van der Waals surface area contributed by atoms with Gasteiger partial charge in [0.1, 0.15) is 0 Å². The minimum atomic E-state index is -4.72. The molecule has 3 N–H and O–H groups in total. The van der Waals surface area contributed by atoms with Crippen LogP contribution in [0, 0.1) is 5.41 Å². The van der Waals surface area contributed by atoms with Crippen molar-refractivity contribution in [2.75, 3.05) is 6.54 Å². The number of hydrogen-bond donors (Lipinski definition) is 2. The van der Waals surface area contributed by atoms with Crippen LogP contribution < -0.4 is 11.1 Å². The molecule has 0 bridgehead atoms. The van der Waals surface area contributed by atoms with Crippen LogP contribution in [0.15, 0.2) is 0 Å². The average Bonchev–Trinajstić information content (AvgIpc) is 2.78. The van der Waals surface area contributed by atoms with Crippen LogP contribution in [0.3, 0.4) is 0 Å². The molecule has 6 heteroatoms. The number of nitrogens with two attached hydrogens (primary N) is 1. The van der Waals surface area contributed by atoms with Gasteiger partial charge in [-0.15, -0.1) is 0 Å². The maximum Gasteiger partial charge on any atom is 0.415 e. The number of carbonyl (C=O) groups is 1. The van der Waals surface area contributed by atoms with Gasteiger partial charge in [-0.25, -0.2) is 0 Å². The topological polar surface area (TPSA) is 55.1 Å². The predicted octanol–water partition coefficient (Wildman–Crippen LogP) is 1.18. The molecule has 15 heavy (non-hydrogen) atoms. The zero-order chi connectivity index (χ0) is 11.9.